The van der Waals surface area contributed by atoms with Gasteiger partial charge in [0.1, 0.15) is 0 Å². The van der Waals surface area contributed by atoms with Crippen molar-refractivity contribution in [2.24, 2.45) is 5.73 Å². The maximum Gasteiger partial charge on any atom is 0.405 e. The summed E-state index contributed by atoms with van der Waals surface area (Å²) in [5.74, 6) is -0.343. The van der Waals surface area contributed by atoms with E-state index < -0.39 is 11.7 Å². The zero-order valence-electron chi connectivity index (χ0n) is 20.0. The standard InChI is InChI=1S/C27H36N2O3/c1-25(2)14-15-26(3,4)22-17-20(11-12-21(22)25)18-27(5,32-24(28)31)23(30)29-16-13-19-9-7-6-8-10-19/h6-12,17H,13-16,18H2,1-5H3,(H2,28,31)(H,29,30). The second-order valence-electron chi connectivity index (χ2n) is 10.5. The maximum atomic E-state index is 13.1. The molecular weight excluding hydrogens is 400 g/mol. The molecule has 3 N–H and O–H groups in total. The number of hydrogen-bond donors (Lipinski definition) is 2. The number of nitrogens with one attached hydrogen (secondary N) is 1. The van der Waals surface area contributed by atoms with Gasteiger partial charge in [-0.15, -0.1) is 0 Å². The molecule has 0 heterocycles. The Balaban J connectivity index is 1.80. The first-order chi connectivity index (χ1) is 14.9. The summed E-state index contributed by atoms with van der Waals surface area (Å²) < 4.78 is 5.37. The van der Waals surface area contributed by atoms with Gasteiger partial charge in [0.2, 0.25) is 0 Å². The van der Waals surface area contributed by atoms with Gasteiger partial charge in [-0.2, -0.15) is 0 Å². The van der Waals surface area contributed by atoms with E-state index in [2.05, 4.69) is 45.1 Å². The Labute approximate surface area is 191 Å². The smallest absolute Gasteiger partial charge is 0.405 e. The summed E-state index contributed by atoms with van der Waals surface area (Å²) >= 11 is 0. The molecule has 0 spiro atoms. The van der Waals surface area contributed by atoms with Crippen LogP contribution in [0.1, 0.15) is 69.7 Å². The van der Waals surface area contributed by atoms with E-state index in [1.807, 2.05) is 36.4 Å². The number of rotatable bonds is 7. The first-order valence-electron chi connectivity index (χ1n) is 11.4. The number of carbonyl (C=O) groups excluding carboxylic acids is 2. The van der Waals surface area contributed by atoms with Crippen LogP contribution in [0, 0.1) is 0 Å². The molecule has 0 saturated heterocycles. The molecule has 3 rings (SSSR count). The molecule has 1 aliphatic carbocycles. The molecule has 0 fully saturated rings. The van der Waals surface area contributed by atoms with Crippen molar-refractivity contribution in [3.63, 3.8) is 0 Å². The first-order valence-corrected chi connectivity index (χ1v) is 11.4. The molecule has 0 bridgehead atoms. The van der Waals surface area contributed by atoms with Crippen LogP contribution in [-0.4, -0.2) is 24.1 Å². The van der Waals surface area contributed by atoms with Gasteiger partial charge >= 0.3 is 6.09 Å². The van der Waals surface area contributed by atoms with Gasteiger partial charge in [-0.25, -0.2) is 4.79 Å². The molecule has 5 heteroatoms. The third-order valence-electron chi connectivity index (χ3n) is 6.81. The van der Waals surface area contributed by atoms with Gasteiger partial charge in [-0.3, -0.25) is 4.79 Å². The third-order valence-corrected chi connectivity index (χ3v) is 6.81. The lowest BCUT2D eigenvalue weighted by Gasteiger charge is -2.42. The number of fused-ring (bicyclic) bond motifs is 1. The zero-order valence-corrected chi connectivity index (χ0v) is 20.0. The highest BCUT2D eigenvalue weighted by molar-refractivity contribution is 5.87. The lowest BCUT2D eigenvalue weighted by atomic mass is 9.63. The monoisotopic (exact) mass is 436 g/mol. The number of primary amides is 1. The fourth-order valence-electron chi connectivity index (χ4n) is 4.67. The van der Waals surface area contributed by atoms with Crippen LogP contribution < -0.4 is 11.1 Å². The van der Waals surface area contributed by atoms with Crippen molar-refractivity contribution in [2.75, 3.05) is 6.54 Å². The molecule has 0 aliphatic heterocycles. The fourth-order valence-corrected chi connectivity index (χ4v) is 4.67. The van der Waals surface area contributed by atoms with Crippen LogP contribution in [0.2, 0.25) is 0 Å². The topological polar surface area (TPSA) is 81.4 Å². The van der Waals surface area contributed by atoms with Gasteiger partial charge in [-0.1, -0.05) is 76.2 Å². The van der Waals surface area contributed by atoms with E-state index in [0.29, 0.717) is 13.0 Å². The van der Waals surface area contributed by atoms with Crippen molar-refractivity contribution < 1.29 is 14.3 Å². The highest BCUT2D eigenvalue weighted by Crippen LogP contribution is 2.46. The molecule has 32 heavy (non-hydrogen) atoms. The van der Waals surface area contributed by atoms with E-state index in [4.69, 9.17) is 10.5 Å². The summed E-state index contributed by atoms with van der Waals surface area (Å²) in [6.45, 7) is 11.2. The summed E-state index contributed by atoms with van der Waals surface area (Å²) in [6, 6.07) is 16.3. The van der Waals surface area contributed by atoms with Crippen LogP contribution >= 0.6 is 0 Å². The first kappa shape index (κ1) is 23.8. The van der Waals surface area contributed by atoms with Gasteiger partial charge in [0.25, 0.3) is 5.91 Å². The van der Waals surface area contributed by atoms with Crippen molar-refractivity contribution >= 4 is 12.0 Å². The number of carbonyl (C=O) groups is 2. The largest absolute Gasteiger partial charge is 0.433 e. The predicted octanol–water partition coefficient (Wildman–Crippen LogP) is 4.79. The molecular formula is C27H36N2O3. The highest BCUT2D eigenvalue weighted by atomic mass is 16.6. The Morgan fingerprint density at radius 1 is 0.969 bits per heavy atom. The molecule has 2 aromatic rings. The highest BCUT2D eigenvalue weighted by Gasteiger charge is 2.40. The maximum absolute atomic E-state index is 13.1. The van der Waals surface area contributed by atoms with Gasteiger partial charge in [0.15, 0.2) is 5.60 Å². The Morgan fingerprint density at radius 2 is 1.59 bits per heavy atom. The van der Waals surface area contributed by atoms with Crippen LogP contribution in [0.25, 0.3) is 0 Å². The van der Waals surface area contributed by atoms with Crippen molar-refractivity contribution in [3.8, 4) is 0 Å². The Bertz CT molecular complexity index is 982. The summed E-state index contributed by atoms with van der Waals surface area (Å²) in [7, 11) is 0. The van der Waals surface area contributed by atoms with E-state index in [0.717, 1.165) is 24.0 Å². The quantitative estimate of drug-likeness (QED) is 0.655. The number of hydrogen-bond acceptors (Lipinski definition) is 3. The summed E-state index contributed by atoms with van der Waals surface area (Å²) in [4.78, 5) is 24.7. The van der Waals surface area contributed by atoms with Crippen LogP contribution in [0.3, 0.4) is 0 Å². The molecule has 2 amide bonds. The molecule has 0 radical (unpaired) electrons. The average Bonchev–Trinajstić information content (AvgIpc) is 2.71. The van der Waals surface area contributed by atoms with Crippen LogP contribution in [0.15, 0.2) is 48.5 Å². The lowest BCUT2D eigenvalue weighted by Crippen LogP contribution is -2.50. The summed E-state index contributed by atoms with van der Waals surface area (Å²) in [5, 5.41) is 2.92. The third kappa shape index (κ3) is 5.32. The molecule has 0 saturated carbocycles. The minimum absolute atomic E-state index is 0.0553. The Hall–Kier alpha value is -2.82. The number of ether oxygens (including phenoxy) is 1. The minimum atomic E-state index is -1.38. The predicted molar refractivity (Wildman–Crippen MR) is 128 cm³/mol. The van der Waals surface area contributed by atoms with E-state index in [1.54, 1.807) is 6.92 Å². The Morgan fingerprint density at radius 3 is 2.22 bits per heavy atom. The van der Waals surface area contributed by atoms with Crippen LogP contribution in [-0.2, 0) is 33.2 Å². The van der Waals surface area contributed by atoms with E-state index >= 15 is 0 Å². The van der Waals surface area contributed by atoms with Crippen LogP contribution in [0.5, 0.6) is 0 Å². The molecule has 1 atom stereocenters. The average molecular weight is 437 g/mol. The SMILES string of the molecule is CC(Cc1ccc2c(c1)C(C)(C)CCC2(C)C)(OC(N)=O)C(=O)NCCc1ccccc1. The Kier molecular flexibility index (Phi) is 6.68. The van der Waals surface area contributed by atoms with E-state index in [9.17, 15) is 9.59 Å². The zero-order chi connectivity index (χ0) is 23.6. The fraction of sp³-hybridized carbons (Fsp3) is 0.481. The van der Waals surface area contributed by atoms with Crippen molar-refractivity contribution in [2.45, 2.75) is 76.7 Å². The van der Waals surface area contributed by atoms with Crippen molar-refractivity contribution in [3.05, 3.63) is 70.8 Å². The molecule has 1 unspecified atom stereocenters. The summed E-state index contributed by atoms with van der Waals surface area (Å²) in [6.07, 6.45) is 2.24. The lowest BCUT2D eigenvalue weighted by molar-refractivity contribution is -0.138. The molecule has 5 nitrogen and oxygen atoms in total. The van der Waals surface area contributed by atoms with E-state index in [-0.39, 0.29) is 23.2 Å². The van der Waals surface area contributed by atoms with Gasteiger partial charge < -0.3 is 15.8 Å². The molecule has 172 valence electrons. The molecule has 2 aromatic carbocycles. The number of benzene rings is 2. The minimum Gasteiger partial charge on any atom is -0.433 e. The molecule has 0 aromatic heterocycles. The summed E-state index contributed by atoms with van der Waals surface area (Å²) in [5.41, 5.74) is 8.86. The van der Waals surface area contributed by atoms with Gasteiger partial charge in [0, 0.05) is 13.0 Å². The number of amides is 2. The van der Waals surface area contributed by atoms with Crippen molar-refractivity contribution in [1.82, 2.24) is 5.32 Å². The van der Waals surface area contributed by atoms with Gasteiger partial charge in [0.05, 0.1) is 0 Å². The second-order valence-corrected chi connectivity index (χ2v) is 10.5. The van der Waals surface area contributed by atoms with Gasteiger partial charge in [-0.05, 0) is 59.3 Å². The normalized spacial score (nSPS) is 18.2. The van der Waals surface area contributed by atoms with Crippen molar-refractivity contribution in [1.29, 1.82) is 0 Å². The van der Waals surface area contributed by atoms with Crippen LogP contribution in [0.4, 0.5) is 4.79 Å². The molecule has 1 aliphatic rings. The second kappa shape index (κ2) is 8.97. The van der Waals surface area contributed by atoms with E-state index in [1.165, 1.54) is 11.1 Å². The number of nitrogens with two attached hydrogens (primary N) is 1.